The minimum Gasteiger partial charge on any atom is -0.493 e. The number of methoxy groups -OCH3 is 3. The SMILES string of the molecule is COc1cc([C@@H](C(=O)NC2CCCCC2)N(C(=O)c2snc(C(N)=O)c2N)C2CCCC2)cc(OC)c1OC. The Bertz CT molecular complexity index is 1180. The Morgan fingerprint density at radius 1 is 0.974 bits per heavy atom. The van der Waals surface area contributed by atoms with Gasteiger partial charge in [-0.3, -0.25) is 14.4 Å². The standard InChI is InChI=1S/C27H37N5O6S/c1-36-18-13-15(14-19(37-2)23(18)38-3)22(26(34)30-16-9-5-4-6-10-16)32(17-11-7-8-12-17)27(35)24-20(28)21(25(29)33)31-39-24/h13-14,16-17,22H,4-12,28H2,1-3H3,(H2,29,33)(H,30,34)/t22-/m0/s1. The molecule has 3 amide bonds. The number of carbonyl (C=O) groups excluding carboxylic acids is 3. The van der Waals surface area contributed by atoms with Crippen LogP contribution < -0.4 is 31.0 Å². The monoisotopic (exact) mass is 559 g/mol. The van der Waals surface area contributed by atoms with E-state index in [1.54, 1.807) is 17.0 Å². The first kappa shape index (κ1) is 28.5. The summed E-state index contributed by atoms with van der Waals surface area (Å²) in [6.45, 7) is 0. The van der Waals surface area contributed by atoms with E-state index in [1.807, 2.05) is 0 Å². The Balaban J connectivity index is 1.85. The molecule has 0 saturated heterocycles. The number of nitrogens with one attached hydrogen (secondary N) is 1. The topological polar surface area (TPSA) is 159 Å². The van der Waals surface area contributed by atoms with Crippen LogP contribution in [0, 0.1) is 0 Å². The molecule has 1 heterocycles. The van der Waals surface area contributed by atoms with Crippen LogP contribution in [0.3, 0.4) is 0 Å². The number of benzene rings is 1. The molecule has 0 aliphatic heterocycles. The van der Waals surface area contributed by atoms with Crippen molar-refractivity contribution in [3.8, 4) is 17.2 Å². The van der Waals surface area contributed by atoms with Crippen LogP contribution in [0.5, 0.6) is 17.2 Å². The van der Waals surface area contributed by atoms with Gasteiger partial charge in [-0.2, -0.15) is 4.37 Å². The average molecular weight is 560 g/mol. The molecule has 212 valence electrons. The number of carbonyl (C=O) groups is 3. The first-order chi connectivity index (χ1) is 18.8. The summed E-state index contributed by atoms with van der Waals surface area (Å²) >= 11 is 0.813. The molecule has 2 aromatic rings. The molecule has 0 radical (unpaired) electrons. The molecule has 0 bridgehead atoms. The van der Waals surface area contributed by atoms with Crippen LogP contribution in [0.15, 0.2) is 12.1 Å². The number of ether oxygens (including phenoxy) is 3. The van der Waals surface area contributed by atoms with Gasteiger partial charge in [0.2, 0.25) is 11.7 Å². The van der Waals surface area contributed by atoms with Gasteiger partial charge < -0.3 is 35.9 Å². The zero-order chi connectivity index (χ0) is 28.1. The maximum absolute atomic E-state index is 14.2. The van der Waals surface area contributed by atoms with Crippen LogP contribution in [-0.4, -0.2) is 60.4 Å². The summed E-state index contributed by atoms with van der Waals surface area (Å²) in [6, 6.07) is 2.18. The minimum atomic E-state index is -1.02. The van der Waals surface area contributed by atoms with Crippen LogP contribution in [0.1, 0.15) is 89.6 Å². The fraction of sp³-hybridized carbons (Fsp3) is 0.556. The van der Waals surface area contributed by atoms with Gasteiger partial charge in [0, 0.05) is 12.1 Å². The van der Waals surface area contributed by atoms with Gasteiger partial charge in [0.05, 0.1) is 27.0 Å². The Morgan fingerprint density at radius 2 is 1.56 bits per heavy atom. The van der Waals surface area contributed by atoms with E-state index < -0.39 is 17.9 Å². The maximum atomic E-state index is 14.2. The molecule has 2 saturated carbocycles. The van der Waals surface area contributed by atoms with Crippen LogP contribution >= 0.6 is 11.5 Å². The number of amides is 3. The van der Waals surface area contributed by atoms with Crippen LogP contribution in [0.4, 0.5) is 5.69 Å². The number of nitrogens with two attached hydrogens (primary N) is 2. The third-order valence-corrected chi connectivity index (χ3v) is 8.44. The second kappa shape index (κ2) is 12.5. The summed E-state index contributed by atoms with van der Waals surface area (Å²) in [5, 5.41) is 3.21. The number of hydrogen-bond donors (Lipinski definition) is 3. The highest BCUT2D eigenvalue weighted by Gasteiger charge is 2.41. The van der Waals surface area contributed by atoms with Crippen molar-refractivity contribution in [1.29, 1.82) is 0 Å². The van der Waals surface area contributed by atoms with Gasteiger partial charge in [-0.1, -0.05) is 32.1 Å². The van der Waals surface area contributed by atoms with Crippen molar-refractivity contribution in [3.63, 3.8) is 0 Å². The van der Waals surface area contributed by atoms with Gasteiger partial charge in [0.1, 0.15) is 10.9 Å². The molecule has 2 aliphatic carbocycles. The lowest BCUT2D eigenvalue weighted by Crippen LogP contribution is -2.50. The highest BCUT2D eigenvalue weighted by Crippen LogP contribution is 2.43. The normalized spacial score (nSPS) is 16.9. The Labute approximate surface area is 232 Å². The first-order valence-electron chi connectivity index (χ1n) is 13.3. The van der Waals surface area contributed by atoms with E-state index in [1.165, 1.54) is 21.3 Å². The fourth-order valence-electron chi connectivity index (χ4n) is 5.65. The molecule has 1 aromatic carbocycles. The minimum absolute atomic E-state index is 0.0197. The summed E-state index contributed by atoms with van der Waals surface area (Å²) in [4.78, 5) is 41.9. The molecule has 39 heavy (non-hydrogen) atoms. The Morgan fingerprint density at radius 3 is 2.08 bits per heavy atom. The molecular weight excluding hydrogens is 522 g/mol. The third kappa shape index (κ3) is 5.90. The number of hydrogen-bond acceptors (Lipinski definition) is 9. The van der Waals surface area contributed by atoms with E-state index in [-0.39, 0.29) is 34.2 Å². The van der Waals surface area contributed by atoms with E-state index in [4.69, 9.17) is 25.7 Å². The van der Waals surface area contributed by atoms with Gasteiger partial charge in [0.25, 0.3) is 11.8 Å². The molecule has 2 aliphatic rings. The van der Waals surface area contributed by atoms with E-state index in [2.05, 4.69) is 9.69 Å². The van der Waals surface area contributed by atoms with Gasteiger partial charge in [-0.15, -0.1) is 0 Å². The van der Waals surface area contributed by atoms with Crippen molar-refractivity contribution in [2.45, 2.75) is 75.9 Å². The molecule has 0 unspecified atom stereocenters. The molecule has 2 fully saturated rings. The predicted molar refractivity (Wildman–Crippen MR) is 147 cm³/mol. The lowest BCUT2D eigenvalue weighted by Gasteiger charge is -2.37. The number of anilines is 1. The number of primary amides is 1. The molecule has 12 heteroatoms. The van der Waals surface area contributed by atoms with Gasteiger partial charge in [-0.05, 0) is 54.9 Å². The molecule has 1 atom stereocenters. The van der Waals surface area contributed by atoms with Gasteiger partial charge >= 0.3 is 0 Å². The molecule has 1 aromatic heterocycles. The molecule has 4 rings (SSSR count). The number of nitrogens with zero attached hydrogens (tertiary/aromatic N) is 2. The lowest BCUT2D eigenvalue weighted by atomic mass is 9.94. The smallest absolute Gasteiger partial charge is 0.270 e. The number of nitrogen functional groups attached to an aromatic ring is 1. The highest BCUT2D eigenvalue weighted by atomic mass is 32.1. The van der Waals surface area contributed by atoms with E-state index in [0.717, 1.165) is 69.3 Å². The van der Waals surface area contributed by atoms with E-state index >= 15 is 0 Å². The third-order valence-electron chi connectivity index (χ3n) is 7.59. The summed E-state index contributed by atoms with van der Waals surface area (Å²) in [6.07, 6.45) is 8.29. The van der Waals surface area contributed by atoms with Crippen LogP contribution in [0.2, 0.25) is 0 Å². The molecule has 5 N–H and O–H groups in total. The Hall–Kier alpha value is -3.54. The zero-order valence-electron chi connectivity index (χ0n) is 22.7. The second-order valence-corrected chi connectivity index (χ2v) is 10.8. The average Bonchev–Trinajstić information content (AvgIpc) is 3.61. The van der Waals surface area contributed by atoms with Crippen LogP contribution in [-0.2, 0) is 4.79 Å². The fourth-order valence-corrected chi connectivity index (χ4v) is 6.40. The van der Waals surface area contributed by atoms with E-state index in [0.29, 0.717) is 22.8 Å². The maximum Gasteiger partial charge on any atom is 0.270 e. The lowest BCUT2D eigenvalue weighted by molar-refractivity contribution is -0.127. The quantitative estimate of drug-likeness (QED) is 0.399. The Kier molecular flexibility index (Phi) is 9.16. The molecule has 0 spiro atoms. The highest BCUT2D eigenvalue weighted by molar-refractivity contribution is 7.09. The van der Waals surface area contributed by atoms with Gasteiger partial charge in [0.15, 0.2) is 17.2 Å². The van der Waals surface area contributed by atoms with Crippen molar-refractivity contribution < 1.29 is 28.6 Å². The molecular formula is C27H37N5O6S. The second-order valence-electron chi connectivity index (χ2n) is 9.99. The van der Waals surface area contributed by atoms with Crippen molar-refractivity contribution in [3.05, 3.63) is 28.3 Å². The van der Waals surface area contributed by atoms with Gasteiger partial charge in [-0.25, -0.2) is 0 Å². The summed E-state index contributed by atoms with van der Waals surface area (Å²) < 4.78 is 20.7. The first-order valence-corrected chi connectivity index (χ1v) is 14.1. The largest absolute Gasteiger partial charge is 0.493 e. The van der Waals surface area contributed by atoms with Crippen molar-refractivity contribution in [2.75, 3.05) is 27.1 Å². The van der Waals surface area contributed by atoms with Crippen LogP contribution in [0.25, 0.3) is 0 Å². The summed E-state index contributed by atoms with van der Waals surface area (Å²) in [5.41, 5.74) is 11.9. The predicted octanol–water partition coefficient (Wildman–Crippen LogP) is 3.43. The van der Waals surface area contributed by atoms with Crippen molar-refractivity contribution >= 4 is 34.9 Å². The van der Waals surface area contributed by atoms with Crippen molar-refractivity contribution in [2.24, 2.45) is 5.73 Å². The summed E-state index contributed by atoms with van der Waals surface area (Å²) in [7, 11) is 4.51. The molecule has 11 nitrogen and oxygen atoms in total. The number of aromatic nitrogens is 1. The van der Waals surface area contributed by atoms with Crippen molar-refractivity contribution in [1.82, 2.24) is 14.6 Å². The zero-order valence-corrected chi connectivity index (χ0v) is 23.5. The van der Waals surface area contributed by atoms with E-state index in [9.17, 15) is 14.4 Å². The summed E-state index contributed by atoms with van der Waals surface area (Å²) in [5.74, 6) is -0.460. The number of rotatable bonds is 10.